The Morgan fingerprint density at radius 2 is 2.36 bits per heavy atom. The first kappa shape index (κ1) is 8.53. The Bertz CT molecular complexity index is 139. The van der Waals surface area contributed by atoms with E-state index < -0.39 is 0 Å². The lowest BCUT2D eigenvalue weighted by molar-refractivity contribution is -0.124. The Kier molecular flexibility index (Phi) is 2.88. The standard InChI is InChI=1S/C8H16N2O/c1-6(2)8(11)10-7-3-4-9-5-7/h6-7,9H,3-5H2,1-2H3,(H,10,11)/t7-/m1/s1. The molecule has 3 heteroatoms. The van der Waals surface area contributed by atoms with Crippen molar-refractivity contribution in [1.82, 2.24) is 10.6 Å². The molecule has 11 heavy (non-hydrogen) atoms. The summed E-state index contributed by atoms with van der Waals surface area (Å²) in [6, 6.07) is 0.366. The summed E-state index contributed by atoms with van der Waals surface area (Å²) in [5, 5.41) is 6.18. The molecule has 1 rings (SSSR count). The Labute approximate surface area is 67.5 Å². The van der Waals surface area contributed by atoms with E-state index in [2.05, 4.69) is 10.6 Å². The van der Waals surface area contributed by atoms with E-state index >= 15 is 0 Å². The first-order valence-electron chi connectivity index (χ1n) is 4.21. The van der Waals surface area contributed by atoms with Crippen LogP contribution in [0.4, 0.5) is 0 Å². The summed E-state index contributed by atoms with van der Waals surface area (Å²) < 4.78 is 0. The van der Waals surface area contributed by atoms with Crippen molar-refractivity contribution in [3.63, 3.8) is 0 Å². The average Bonchev–Trinajstić information content (AvgIpc) is 2.39. The average molecular weight is 156 g/mol. The molecule has 0 aromatic heterocycles. The molecule has 1 fully saturated rings. The van der Waals surface area contributed by atoms with E-state index in [9.17, 15) is 4.79 Å². The zero-order valence-electron chi connectivity index (χ0n) is 7.18. The zero-order valence-corrected chi connectivity index (χ0v) is 7.18. The number of hydrogen-bond donors (Lipinski definition) is 2. The van der Waals surface area contributed by atoms with Gasteiger partial charge in [-0.15, -0.1) is 0 Å². The molecule has 64 valence electrons. The Balaban J connectivity index is 2.24. The highest BCUT2D eigenvalue weighted by atomic mass is 16.1. The summed E-state index contributed by atoms with van der Waals surface area (Å²) in [6.07, 6.45) is 1.07. The molecular formula is C8H16N2O. The van der Waals surface area contributed by atoms with Crippen molar-refractivity contribution >= 4 is 5.91 Å². The van der Waals surface area contributed by atoms with E-state index in [0.29, 0.717) is 6.04 Å². The highest BCUT2D eigenvalue weighted by molar-refractivity contribution is 5.78. The van der Waals surface area contributed by atoms with Crippen molar-refractivity contribution in [3.05, 3.63) is 0 Å². The molecule has 1 aliphatic heterocycles. The van der Waals surface area contributed by atoms with Crippen molar-refractivity contribution < 1.29 is 4.79 Å². The molecule has 2 N–H and O–H groups in total. The molecule has 1 amide bonds. The highest BCUT2D eigenvalue weighted by Crippen LogP contribution is 1.99. The predicted octanol–water partition coefficient (Wildman–Crippen LogP) is 0.120. The van der Waals surface area contributed by atoms with Gasteiger partial charge in [-0.2, -0.15) is 0 Å². The summed E-state index contributed by atoms with van der Waals surface area (Å²) in [4.78, 5) is 11.2. The van der Waals surface area contributed by atoms with Gasteiger partial charge in [-0.25, -0.2) is 0 Å². The van der Waals surface area contributed by atoms with Crippen molar-refractivity contribution in [1.29, 1.82) is 0 Å². The maximum absolute atomic E-state index is 11.2. The van der Waals surface area contributed by atoms with E-state index in [0.717, 1.165) is 19.5 Å². The van der Waals surface area contributed by atoms with Crippen LogP contribution in [0.15, 0.2) is 0 Å². The minimum Gasteiger partial charge on any atom is -0.352 e. The number of nitrogens with one attached hydrogen (secondary N) is 2. The molecular weight excluding hydrogens is 140 g/mol. The lowest BCUT2D eigenvalue weighted by atomic mass is 10.2. The van der Waals surface area contributed by atoms with Crippen LogP contribution < -0.4 is 10.6 Å². The van der Waals surface area contributed by atoms with Crippen LogP contribution in [0.1, 0.15) is 20.3 Å². The molecule has 0 unspecified atom stereocenters. The van der Waals surface area contributed by atoms with Crippen LogP contribution in [-0.4, -0.2) is 25.0 Å². The summed E-state index contributed by atoms with van der Waals surface area (Å²) in [5.41, 5.74) is 0. The maximum atomic E-state index is 11.2. The van der Waals surface area contributed by atoms with Crippen LogP contribution in [0.2, 0.25) is 0 Å². The van der Waals surface area contributed by atoms with E-state index in [1.807, 2.05) is 13.8 Å². The third kappa shape index (κ3) is 2.50. The predicted molar refractivity (Wildman–Crippen MR) is 44.3 cm³/mol. The van der Waals surface area contributed by atoms with Gasteiger partial charge in [0.05, 0.1) is 0 Å². The molecule has 0 saturated carbocycles. The smallest absolute Gasteiger partial charge is 0.222 e. The maximum Gasteiger partial charge on any atom is 0.222 e. The van der Waals surface area contributed by atoms with Crippen molar-refractivity contribution in [3.8, 4) is 0 Å². The SMILES string of the molecule is CC(C)C(=O)N[C@@H]1CCNC1. The summed E-state index contributed by atoms with van der Waals surface area (Å²) in [7, 11) is 0. The molecule has 0 bridgehead atoms. The first-order valence-corrected chi connectivity index (χ1v) is 4.21. The van der Waals surface area contributed by atoms with Crippen LogP contribution in [0.5, 0.6) is 0 Å². The van der Waals surface area contributed by atoms with Crippen LogP contribution in [0, 0.1) is 5.92 Å². The monoisotopic (exact) mass is 156 g/mol. The van der Waals surface area contributed by atoms with E-state index in [-0.39, 0.29) is 11.8 Å². The van der Waals surface area contributed by atoms with Gasteiger partial charge in [-0.05, 0) is 13.0 Å². The van der Waals surface area contributed by atoms with Gasteiger partial charge in [-0.3, -0.25) is 4.79 Å². The zero-order chi connectivity index (χ0) is 8.27. The third-order valence-corrected chi connectivity index (χ3v) is 1.93. The molecule has 1 saturated heterocycles. The second kappa shape index (κ2) is 3.72. The van der Waals surface area contributed by atoms with Gasteiger partial charge in [0.15, 0.2) is 0 Å². The number of carbonyl (C=O) groups excluding carboxylic acids is 1. The lowest BCUT2D eigenvalue weighted by Gasteiger charge is -2.12. The molecule has 1 aliphatic rings. The minimum atomic E-state index is 0.107. The summed E-state index contributed by atoms with van der Waals surface area (Å²) in [5.74, 6) is 0.273. The summed E-state index contributed by atoms with van der Waals surface area (Å²) >= 11 is 0. The van der Waals surface area contributed by atoms with Gasteiger partial charge < -0.3 is 10.6 Å². The minimum absolute atomic E-state index is 0.107. The molecule has 0 aromatic carbocycles. The molecule has 3 nitrogen and oxygen atoms in total. The molecule has 1 atom stereocenters. The lowest BCUT2D eigenvalue weighted by Crippen LogP contribution is -2.38. The van der Waals surface area contributed by atoms with Crippen molar-refractivity contribution in [2.45, 2.75) is 26.3 Å². The molecule has 0 aliphatic carbocycles. The number of hydrogen-bond acceptors (Lipinski definition) is 2. The summed E-state index contributed by atoms with van der Waals surface area (Å²) in [6.45, 7) is 5.79. The van der Waals surface area contributed by atoms with Crippen molar-refractivity contribution in [2.75, 3.05) is 13.1 Å². The van der Waals surface area contributed by atoms with Crippen LogP contribution >= 0.6 is 0 Å². The van der Waals surface area contributed by atoms with Gasteiger partial charge in [0.1, 0.15) is 0 Å². The van der Waals surface area contributed by atoms with Crippen LogP contribution in [-0.2, 0) is 4.79 Å². The van der Waals surface area contributed by atoms with Gasteiger partial charge >= 0.3 is 0 Å². The first-order chi connectivity index (χ1) is 5.20. The Morgan fingerprint density at radius 3 is 2.82 bits per heavy atom. The third-order valence-electron chi connectivity index (χ3n) is 1.93. The molecule has 1 heterocycles. The van der Waals surface area contributed by atoms with E-state index in [1.54, 1.807) is 0 Å². The topological polar surface area (TPSA) is 41.1 Å². The van der Waals surface area contributed by atoms with Crippen LogP contribution in [0.3, 0.4) is 0 Å². The highest BCUT2D eigenvalue weighted by Gasteiger charge is 2.17. The Morgan fingerprint density at radius 1 is 1.64 bits per heavy atom. The molecule has 0 aromatic rings. The normalized spacial score (nSPS) is 24.1. The van der Waals surface area contributed by atoms with Crippen LogP contribution in [0.25, 0.3) is 0 Å². The second-order valence-electron chi connectivity index (χ2n) is 3.35. The Hall–Kier alpha value is -0.570. The largest absolute Gasteiger partial charge is 0.352 e. The van der Waals surface area contributed by atoms with E-state index in [4.69, 9.17) is 0 Å². The number of rotatable bonds is 2. The number of carbonyl (C=O) groups is 1. The van der Waals surface area contributed by atoms with E-state index in [1.165, 1.54) is 0 Å². The fourth-order valence-corrected chi connectivity index (χ4v) is 1.15. The van der Waals surface area contributed by atoms with Gasteiger partial charge in [-0.1, -0.05) is 13.8 Å². The molecule has 0 spiro atoms. The van der Waals surface area contributed by atoms with Gasteiger partial charge in [0, 0.05) is 18.5 Å². The van der Waals surface area contributed by atoms with Crippen molar-refractivity contribution in [2.24, 2.45) is 5.92 Å². The number of amides is 1. The fourth-order valence-electron chi connectivity index (χ4n) is 1.15. The quantitative estimate of drug-likeness (QED) is 0.596. The fraction of sp³-hybridized carbons (Fsp3) is 0.875. The molecule has 0 radical (unpaired) electrons. The van der Waals surface area contributed by atoms with Gasteiger partial charge in [0.25, 0.3) is 0 Å². The second-order valence-corrected chi connectivity index (χ2v) is 3.35. The van der Waals surface area contributed by atoms with Gasteiger partial charge in [0.2, 0.25) is 5.91 Å².